The molecule has 136 valence electrons. The van der Waals surface area contributed by atoms with E-state index in [-0.39, 0.29) is 17.4 Å². The highest BCUT2D eigenvalue weighted by Crippen LogP contribution is 2.31. The molecule has 0 radical (unpaired) electrons. The van der Waals surface area contributed by atoms with E-state index >= 15 is 0 Å². The second kappa shape index (κ2) is 7.73. The smallest absolute Gasteiger partial charge is 0.335 e. The number of nitrogens with zero attached hydrogens (tertiary/aromatic N) is 1. The Labute approximate surface area is 164 Å². The average molecular weight is 398 g/mol. The molecule has 3 rings (SSSR count). The van der Waals surface area contributed by atoms with Crippen LogP contribution in [-0.4, -0.2) is 39.2 Å². The number of carboxylic acids is 1. The van der Waals surface area contributed by atoms with E-state index in [1.165, 1.54) is 40.9 Å². The topological polar surface area (TPSA) is 86.7 Å². The number of likely N-dealkylation sites (N-methyl/N-ethyl adjacent to an activating group) is 1. The van der Waals surface area contributed by atoms with Crippen molar-refractivity contribution >= 4 is 57.8 Å². The molecule has 2 N–H and O–H groups in total. The van der Waals surface area contributed by atoms with E-state index in [0.717, 1.165) is 5.56 Å². The maximum absolute atomic E-state index is 12.3. The molecular weight excluding hydrogens is 384 g/mol. The summed E-state index contributed by atoms with van der Waals surface area (Å²) in [6, 6.07) is 12.7. The Morgan fingerprint density at radius 1 is 1.07 bits per heavy atom. The molecule has 2 aromatic rings. The first kappa shape index (κ1) is 18.8. The van der Waals surface area contributed by atoms with E-state index in [9.17, 15) is 14.4 Å². The molecule has 1 aliphatic heterocycles. The maximum atomic E-state index is 12.3. The fourth-order valence-electron chi connectivity index (χ4n) is 2.33. The van der Waals surface area contributed by atoms with Crippen molar-refractivity contribution in [3.8, 4) is 0 Å². The molecular formula is C19H14N2O4S2. The van der Waals surface area contributed by atoms with Crippen LogP contribution in [0.5, 0.6) is 0 Å². The molecule has 0 spiro atoms. The van der Waals surface area contributed by atoms with Crippen LogP contribution in [0.1, 0.15) is 26.3 Å². The van der Waals surface area contributed by atoms with Crippen LogP contribution in [0.25, 0.3) is 6.08 Å². The van der Waals surface area contributed by atoms with Gasteiger partial charge in [0.1, 0.15) is 4.32 Å². The number of amides is 2. The second-order valence-electron chi connectivity index (χ2n) is 5.70. The Bertz CT molecular complexity index is 966. The third-order valence-corrected chi connectivity index (χ3v) is 5.33. The summed E-state index contributed by atoms with van der Waals surface area (Å²) in [5, 5.41) is 11.6. The predicted octanol–water partition coefficient (Wildman–Crippen LogP) is 3.47. The van der Waals surface area contributed by atoms with Crippen LogP contribution in [-0.2, 0) is 4.79 Å². The van der Waals surface area contributed by atoms with Crippen molar-refractivity contribution in [3.05, 3.63) is 70.1 Å². The molecule has 1 fully saturated rings. The van der Waals surface area contributed by atoms with Gasteiger partial charge in [-0.25, -0.2) is 4.79 Å². The number of carboxylic acid groups (broad SMARTS) is 1. The van der Waals surface area contributed by atoms with Gasteiger partial charge < -0.3 is 10.4 Å². The number of thioether (sulfide) groups is 1. The summed E-state index contributed by atoms with van der Waals surface area (Å²) in [4.78, 5) is 37.1. The summed E-state index contributed by atoms with van der Waals surface area (Å²) in [7, 11) is 1.63. The van der Waals surface area contributed by atoms with Crippen molar-refractivity contribution in [1.29, 1.82) is 0 Å². The maximum Gasteiger partial charge on any atom is 0.335 e. The highest BCUT2D eigenvalue weighted by Gasteiger charge is 2.28. The van der Waals surface area contributed by atoms with Gasteiger partial charge >= 0.3 is 5.97 Å². The predicted molar refractivity (Wildman–Crippen MR) is 109 cm³/mol. The zero-order valence-corrected chi connectivity index (χ0v) is 15.8. The third kappa shape index (κ3) is 4.24. The van der Waals surface area contributed by atoms with Crippen LogP contribution < -0.4 is 5.32 Å². The molecule has 1 heterocycles. The fraction of sp³-hybridized carbons (Fsp3) is 0.0526. The van der Waals surface area contributed by atoms with Gasteiger partial charge in [-0.15, -0.1) is 0 Å². The first-order valence-electron chi connectivity index (χ1n) is 7.81. The largest absolute Gasteiger partial charge is 0.478 e. The van der Waals surface area contributed by atoms with Gasteiger partial charge in [-0.1, -0.05) is 36.1 Å². The van der Waals surface area contributed by atoms with E-state index in [4.69, 9.17) is 17.3 Å². The standard InChI is InChI=1S/C19H14N2O4S2/c1-21-17(23)15(27-19(21)26)10-11-2-4-12(5-3-11)16(22)20-14-8-6-13(7-9-14)18(24)25/h2-10H,1H3,(H,20,22)(H,24,25)/b15-10+. The lowest BCUT2D eigenvalue weighted by Crippen LogP contribution is -2.22. The van der Waals surface area contributed by atoms with Gasteiger partial charge in [-0.05, 0) is 48.0 Å². The third-order valence-electron chi connectivity index (χ3n) is 3.85. The first-order chi connectivity index (χ1) is 12.8. The summed E-state index contributed by atoms with van der Waals surface area (Å²) >= 11 is 6.33. The minimum Gasteiger partial charge on any atom is -0.478 e. The van der Waals surface area contributed by atoms with Crippen LogP contribution >= 0.6 is 24.0 Å². The molecule has 0 saturated carbocycles. The highest BCUT2D eigenvalue weighted by atomic mass is 32.2. The monoisotopic (exact) mass is 398 g/mol. The van der Waals surface area contributed by atoms with Crippen molar-refractivity contribution in [3.63, 3.8) is 0 Å². The Morgan fingerprint density at radius 3 is 2.19 bits per heavy atom. The Morgan fingerprint density at radius 2 is 1.67 bits per heavy atom. The molecule has 2 amide bonds. The lowest BCUT2D eigenvalue weighted by molar-refractivity contribution is -0.121. The van der Waals surface area contributed by atoms with Gasteiger partial charge in [0.15, 0.2) is 0 Å². The number of rotatable bonds is 4. The molecule has 0 atom stereocenters. The van der Waals surface area contributed by atoms with E-state index in [1.54, 1.807) is 37.4 Å². The summed E-state index contributed by atoms with van der Waals surface area (Å²) in [5.41, 5.74) is 1.87. The minimum atomic E-state index is -1.02. The van der Waals surface area contributed by atoms with Gasteiger partial charge in [0.05, 0.1) is 10.5 Å². The number of carbonyl (C=O) groups is 3. The first-order valence-corrected chi connectivity index (χ1v) is 9.04. The number of hydrogen-bond donors (Lipinski definition) is 2. The molecule has 0 aliphatic carbocycles. The van der Waals surface area contributed by atoms with E-state index in [0.29, 0.717) is 20.5 Å². The summed E-state index contributed by atoms with van der Waals surface area (Å²) in [6.07, 6.45) is 1.73. The SMILES string of the molecule is CN1C(=O)/C(=C\c2ccc(C(=O)Nc3ccc(C(=O)O)cc3)cc2)SC1=S. The molecule has 27 heavy (non-hydrogen) atoms. The number of thiocarbonyl (C=S) groups is 1. The van der Waals surface area contributed by atoms with Gasteiger partial charge in [0.2, 0.25) is 0 Å². The van der Waals surface area contributed by atoms with Crippen molar-refractivity contribution in [2.24, 2.45) is 0 Å². The quantitative estimate of drug-likeness (QED) is 0.606. The van der Waals surface area contributed by atoms with Gasteiger partial charge in [-0.3, -0.25) is 14.5 Å². The van der Waals surface area contributed by atoms with E-state index in [2.05, 4.69) is 5.32 Å². The zero-order chi connectivity index (χ0) is 19.6. The Hall–Kier alpha value is -2.97. The van der Waals surface area contributed by atoms with Crippen molar-refractivity contribution < 1.29 is 19.5 Å². The van der Waals surface area contributed by atoms with Crippen molar-refractivity contribution in [2.75, 3.05) is 12.4 Å². The normalized spacial score (nSPS) is 15.3. The molecule has 6 nitrogen and oxygen atoms in total. The van der Waals surface area contributed by atoms with Crippen molar-refractivity contribution in [2.45, 2.75) is 0 Å². The number of carbonyl (C=O) groups excluding carboxylic acids is 2. The van der Waals surface area contributed by atoms with Crippen LogP contribution in [0.3, 0.4) is 0 Å². The summed E-state index contributed by atoms with van der Waals surface area (Å²) in [5.74, 6) is -1.48. The molecule has 8 heteroatoms. The van der Waals surface area contributed by atoms with Crippen LogP contribution in [0.4, 0.5) is 5.69 Å². The van der Waals surface area contributed by atoms with E-state index in [1.807, 2.05) is 0 Å². The second-order valence-corrected chi connectivity index (χ2v) is 7.38. The summed E-state index contributed by atoms with van der Waals surface area (Å²) < 4.78 is 0.510. The van der Waals surface area contributed by atoms with Gasteiger partial charge in [0.25, 0.3) is 11.8 Å². The molecule has 0 aromatic heterocycles. The van der Waals surface area contributed by atoms with Crippen LogP contribution in [0.15, 0.2) is 53.4 Å². The molecule has 2 aromatic carbocycles. The fourth-order valence-corrected chi connectivity index (χ4v) is 3.51. The number of anilines is 1. The molecule has 1 aliphatic rings. The molecule has 0 unspecified atom stereocenters. The number of aromatic carboxylic acids is 1. The number of benzene rings is 2. The highest BCUT2D eigenvalue weighted by molar-refractivity contribution is 8.26. The minimum absolute atomic E-state index is 0.142. The zero-order valence-electron chi connectivity index (χ0n) is 14.1. The van der Waals surface area contributed by atoms with Crippen LogP contribution in [0, 0.1) is 0 Å². The average Bonchev–Trinajstić information content (AvgIpc) is 2.89. The molecule has 0 bridgehead atoms. The van der Waals surface area contributed by atoms with E-state index < -0.39 is 5.97 Å². The van der Waals surface area contributed by atoms with Crippen LogP contribution in [0.2, 0.25) is 0 Å². The number of hydrogen-bond acceptors (Lipinski definition) is 5. The Kier molecular flexibility index (Phi) is 5.38. The van der Waals surface area contributed by atoms with Gasteiger partial charge in [0, 0.05) is 18.3 Å². The van der Waals surface area contributed by atoms with Gasteiger partial charge in [-0.2, -0.15) is 0 Å². The molecule has 1 saturated heterocycles. The number of nitrogens with one attached hydrogen (secondary N) is 1. The lowest BCUT2D eigenvalue weighted by Gasteiger charge is -2.06. The van der Waals surface area contributed by atoms with Crippen molar-refractivity contribution in [1.82, 2.24) is 4.90 Å². The summed E-state index contributed by atoms with van der Waals surface area (Å²) in [6.45, 7) is 0. The Balaban J connectivity index is 1.70. The lowest BCUT2D eigenvalue weighted by atomic mass is 10.1.